The number of nitrogens with one attached hydrogen (secondary N) is 2. The Morgan fingerprint density at radius 3 is 2.56 bits per heavy atom. The standard InChI is InChI=1S/C41H47FN8O5/c1-5-37(52)48(4)36-21-28(9-11-35(36)50-17-16-49(22-25(50)2)29-13-18-55-19-14-29)44-39-41(54)47(3)23-34(45-39)30-12-15-43-38(32(30)24-51)46-40(53)31-10-8-27(20-33(31)42)26-6-7-26/h5,8-12,15,20-21,23,25-26,29,51H,1,6-7,13-14,16-19,22,24H2,2-4H3,(H,44,45)(H,43,46,53)/t25-/m0/s1. The van der Waals surface area contributed by atoms with Gasteiger partial charge in [0.2, 0.25) is 5.91 Å². The molecule has 0 bridgehead atoms. The number of aryl methyl sites for hydroxylation is 1. The van der Waals surface area contributed by atoms with E-state index in [0.29, 0.717) is 34.6 Å². The highest BCUT2D eigenvalue weighted by atomic mass is 19.1. The number of carbonyl (C=O) groups excluding carboxylic acids is 2. The fourth-order valence-electron chi connectivity index (χ4n) is 7.61. The molecule has 4 aromatic rings. The number of amides is 2. The van der Waals surface area contributed by atoms with Gasteiger partial charge in [0.1, 0.15) is 11.6 Å². The average molecular weight is 751 g/mol. The van der Waals surface area contributed by atoms with Crippen molar-refractivity contribution in [3.8, 4) is 11.3 Å². The van der Waals surface area contributed by atoms with Crippen LogP contribution in [-0.4, -0.2) is 88.3 Å². The molecule has 55 heavy (non-hydrogen) atoms. The highest BCUT2D eigenvalue weighted by molar-refractivity contribution is 6.05. The third-order valence-corrected chi connectivity index (χ3v) is 10.9. The highest BCUT2D eigenvalue weighted by Crippen LogP contribution is 2.40. The highest BCUT2D eigenvalue weighted by Gasteiger charge is 2.32. The number of benzene rings is 2. The van der Waals surface area contributed by atoms with Crippen LogP contribution in [0.5, 0.6) is 0 Å². The Hall–Kier alpha value is -5.44. The molecule has 3 N–H and O–H groups in total. The Morgan fingerprint density at radius 2 is 1.87 bits per heavy atom. The molecule has 1 atom stereocenters. The quantitative estimate of drug-likeness (QED) is 0.175. The number of pyridine rings is 1. The van der Waals surface area contributed by atoms with Crippen molar-refractivity contribution in [2.24, 2.45) is 7.05 Å². The maximum Gasteiger partial charge on any atom is 0.293 e. The number of aromatic nitrogens is 3. The zero-order valence-corrected chi connectivity index (χ0v) is 31.4. The van der Waals surface area contributed by atoms with Gasteiger partial charge in [-0.25, -0.2) is 14.4 Å². The first-order valence-electron chi connectivity index (χ1n) is 18.7. The molecule has 3 fully saturated rings. The number of ether oxygens (including phenoxy) is 1. The van der Waals surface area contributed by atoms with Gasteiger partial charge in [-0.2, -0.15) is 0 Å². The number of likely N-dealkylation sites (N-methyl/N-ethyl adjacent to an activating group) is 1. The summed E-state index contributed by atoms with van der Waals surface area (Å²) in [5.41, 5.74) is 3.35. The number of carbonyl (C=O) groups is 2. The van der Waals surface area contributed by atoms with Gasteiger partial charge in [0.15, 0.2) is 5.82 Å². The van der Waals surface area contributed by atoms with Gasteiger partial charge in [-0.15, -0.1) is 0 Å². The van der Waals surface area contributed by atoms with E-state index in [1.54, 1.807) is 31.1 Å². The monoisotopic (exact) mass is 750 g/mol. The number of hydrogen-bond donors (Lipinski definition) is 3. The summed E-state index contributed by atoms with van der Waals surface area (Å²) in [6.07, 6.45) is 8.31. The zero-order valence-electron chi connectivity index (χ0n) is 31.4. The van der Waals surface area contributed by atoms with E-state index in [4.69, 9.17) is 4.74 Å². The van der Waals surface area contributed by atoms with Crippen molar-refractivity contribution in [1.29, 1.82) is 0 Å². The molecule has 0 unspecified atom stereocenters. The van der Waals surface area contributed by atoms with E-state index in [2.05, 4.69) is 43.9 Å². The first-order valence-corrected chi connectivity index (χ1v) is 18.7. The van der Waals surface area contributed by atoms with Crippen molar-refractivity contribution in [3.05, 3.63) is 100 Å². The molecule has 1 saturated carbocycles. The van der Waals surface area contributed by atoms with Crippen LogP contribution in [0.25, 0.3) is 11.3 Å². The van der Waals surface area contributed by atoms with Crippen LogP contribution in [-0.2, 0) is 23.2 Å². The number of halogens is 1. The van der Waals surface area contributed by atoms with Crippen LogP contribution in [0.3, 0.4) is 0 Å². The maximum absolute atomic E-state index is 15.0. The van der Waals surface area contributed by atoms with Gasteiger partial charge in [0, 0.05) is 88.2 Å². The summed E-state index contributed by atoms with van der Waals surface area (Å²) in [6.45, 7) is 9.49. The van der Waals surface area contributed by atoms with Crippen LogP contribution in [0.2, 0.25) is 0 Å². The summed E-state index contributed by atoms with van der Waals surface area (Å²) < 4.78 is 21.9. The molecule has 2 aromatic heterocycles. The minimum Gasteiger partial charge on any atom is -0.392 e. The van der Waals surface area contributed by atoms with Crippen LogP contribution < -0.4 is 26.0 Å². The summed E-state index contributed by atoms with van der Waals surface area (Å²) in [7, 11) is 3.28. The van der Waals surface area contributed by atoms with Crippen molar-refractivity contribution >= 4 is 40.5 Å². The second-order valence-corrected chi connectivity index (χ2v) is 14.5. The van der Waals surface area contributed by atoms with Gasteiger partial charge in [-0.3, -0.25) is 19.3 Å². The van der Waals surface area contributed by atoms with Crippen molar-refractivity contribution in [2.45, 2.75) is 57.2 Å². The number of rotatable bonds is 11. The van der Waals surface area contributed by atoms with E-state index in [-0.39, 0.29) is 34.7 Å². The van der Waals surface area contributed by atoms with Crippen LogP contribution in [0.15, 0.2) is 72.3 Å². The molecule has 2 aliphatic heterocycles. The zero-order chi connectivity index (χ0) is 38.8. The molecule has 2 amide bonds. The van der Waals surface area contributed by atoms with Crippen molar-refractivity contribution in [2.75, 3.05) is 60.3 Å². The van der Waals surface area contributed by atoms with E-state index >= 15 is 0 Å². The van der Waals surface area contributed by atoms with E-state index < -0.39 is 23.9 Å². The molecule has 0 spiro atoms. The summed E-state index contributed by atoms with van der Waals surface area (Å²) in [5, 5.41) is 16.3. The molecule has 2 aromatic carbocycles. The van der Waals surface area contributed by atoms with Crippen LogP contribution in [0, 0.1) is 5.82 Å². The van der Waals surface area contributed by atoms with Gasteiger partial charge >= 0.3 is 0 Å². The average Bonchev–Trinajstić information content (AvgIpc) is 4.05. The lowest BCUT2D eigenvalue weighted by Gasteiger charge is -2.46. The van der Waals surface area contributed by atoms with Gasteiger partial charge in [-0.05, 0) is 86.6 Å². The lowest BCUT2D eigenvalue weighted by Crippen LogP contribution is -2.56. The predicted octanol–water partition coefficient (Wildman–Crippen LogP) is 5.19. The van der Waals surface area contributed by atoms with Crippen LogP contribution in [0.4, 0.5) is 33.1 Å². The lowest BCUT2D eigenvalue weighted by atomic mass is 10.0. The number of anilines is 5. The van der Waals surface area contributed by atoms with E-state index in [0.717, 1.165) is 69.8 Å². The Morgan fingerprint density at radius 1 is 1.09 bits per heavy atom. The molecule has 14 heteroatoms. The number of aliphatic hydroxyl groups excluding tert-OH is 1. The molecule has 7 rings (SSSR count). The number of nitrogens with zero attached hydrogens (tertiary/aromatic N) is 6. The molecule has 4 heterocycles. The second kappa shape index (κ2) is 16.1. The van der Waals surface area contributed by atoms with Gasteiger partial charge < -0.3 is 34.8 Å². The SMILES string of the molecule is C=CC(=O)N(C)c1cc(Nc2nc(-c3ccnc(NC(=O)c4ccc(C5CC5)cc4F)c3CO)cn(C)c2=O)ccc1N1CCN(C2CCOCC2)C[C@@H]1C. The van der Waals surface area contributed by atoms with Crippen LogP contribution in [0.1, 0.15) is 60.0 Å². The fraction of sp³-hybridized carbons (Fsp3) is 0.390. The third kappa shape index (κ3) is 8.02. The Balaban J connectivity index is 1.16. The summed E-state index contributed by atoms with van der Waals surface area (Å²) >= 11 is 0. The third-order valence-electron chi connectivity index (χ3n) is 10.9. The number of hydrogen-bond acceptors (Lipinski definition) is 10. The lowest BCUT2D eigenvalue weighted by molar-refractivity contribution is -0.113. The Kier molecular flexibility index (Phi) is 11.1. The van der Waals surface area contributed by atoms with Crippen LogP contribution >= 0.6 is 0 Å². The second-order valence-electron chi connectivity index (χ2n) is 14.5. The molecular formula is C41H47FN8O5. The van der Waals surface area contributed by atoms with Gasteiger partial charge in [0.05, 0.1) is 29.2 Å². The van der Waals surface area contributed by atoms with E-state index in [9.17, 15) is 23.9 Å². The molecule has 0 radical (unpaired) electrons. The smallest absolute Gasteiger partial charge is 0.293 e. The minimum absolute atomic E-state index is 0.000967. The first kappa shape index (κ1) is 37.9. The van der Waals surface area contributed by atoms with Gasteiger partial charge in [0.25, 0.3) is 11.5 Å². The molecule has 13 nitrogen and oxygen atoms in total. The number of piperazine rings is 1. The predicted molar refractivity (Wildman–Crippen MR) is 211 cm³/mol. The largest absolute Gasteiger partial charge is 0.392 e. The molecule has 3 aliphatic rings. The van der Waals surface area contributed by atoms with Crippen molar-refractivity contribution in [1.82, 2.24) is 19.4 Å². The Bertz CT molecular complexity index is 2170. The summed E-state index contributed by atoms with van der Waals surface area (Å²) in [4.78, 5) is 54.9. The number of aliphatic hydroxyl groups is 1. The maximum atomic E-state index is 15.0. The van der Waals surface area contributed by atoms with E-state index in [1.165, 1.54) is 35.2 Å². The fourth-order valence-corrected chi connectivity index (χ4v) is 7.61. The minimum atomic E-state index is -0.704. The van der Waals surface area contributed by atoms with Crippen molar-refractivity contribution in [3.63, 3.8) is 0 Å². The van der Waals surface area contributed by atoms with Crippen molar-refractivity contribution < 1.29 is 23.8 Å². The topological polar surface area (TPSA) is 145 Å². The molecular weight excluding hydrogens is 703 g/mol. The first-order chi connectivity index (χ1) is 26.6. The van der Waals surface area contributed by atoms with Gasteiger partial charge in [-0.1, -0.05) is 12.6 Å². The Labute approximate surface area is 319 Å². The van der Waals surface area contributed by atoms with E-state index in [1.807, 2.05) is 18.2 Å². The molecule has 1 aliphatic carbocycles. The molecule has 288 valence electrons. The normalized spacial score (nSPS) is 17.8. The molecule has 2 saturated heterocycles. The summed E-state index contributed by atoms with van der Waals surface area (Å²) in [6, 6.07) is 12.5. The summed E-state index contributed by atoms with van der Waals surface area (Å²) in [5.74, 6) is -1.24.